The Morgan fingerprint density at radius 1 is 1.25 bits per heavy atom. The van der Waals surface area contributed by atoms with Gasteiger partial charge in [-0.2, -0.15) is 0 Å². The zero-order valence-corrected chi connectivity index (χ0v) is 15.6. The SMILES string of the molecule is CC(C)OC(=O)C[C@@H](NC(=O)c1ccc(Br)o1)c1ccccc1Cl. The van der Waals surface area contributed by atoms with Gasteiger partial charge in [-0.15, -0.1) is 0 Å². The lowest BCUT2D eigenvalue weighted by atomic mass is 10.0. The molecule has 0 aliphatic carbocycles. The normalized spacial score (nSPS) is 12.0. The fraction of sp³-hybridized carbons (Fsp3) is 0.294. The van der Waals surface area contributed by atoms with Gasteiger partial charge in [-0.1, -0.05) is 29.8 Å². The van der Waals surface area contributed by atoms with Gasteiger partial charge in [0.15, 0.2) is 10.4 Å². The van der Waals surface area contributed by atoms with Gasteiger partial charge in [0.25, 0.3) is 5.91 Å². The molecule has 2 aromatic rings. The van der Waals surface area contributed by atoms with Crippen LogP contribution in [0.4, 0.5) is 0 Å². The standard InChI is InChI=1S/C17H17BrClNO4/c1-10(2)23-16(21)9-13(11-5-3-4-6-12(11)19)20-17(22)14-7-8-15(18)24-14/h3-8,10,13H,9H2,1-2H3,(H,20,22)/t13-/m1/s1. The summed E-state index contributed by atoms with van der Waals surface area (Å²) in [5, 5.41) is 3.23. The molecule has 7 heteroatoms. The van der Waals surface area contributed by atoms with Crippen molar-refractivity contribution in [2.24, 2.45) is 0 Å². The van der Waals surface area contributed by atoms with Gasteiger partial charge >= 0.3 is 5.97 Å². The molecule has 2 rings (SSSR count). The Kier molecular flexibility index (Phi) is 6.45. The van der Waals surface area contributed by atoms with E-state index >= 15 is 0 Å². The van der Waals surface area contributed by atoms with E-state index < -0.39 is 17.9 Å². The number of esters is 1. The van der Waals surface area contributed by atoms with Gasteiger partial charge in [0, 0.05) is 5.02 Å². The highest BCUT2D eigenvalue weighted by molar-refractivity contribution is 9.10. The Morgan fingerprint density at radius 2 is 1.96 bits per heavy atom. The fourth-order valence-electron chi connectivity index (χ4n) is 2.14. The van der Waals surface area contributed by atoms with E-state index in [4.69, 9.17) is 20.8 Å². The van der Waals surface area contributed by atoms with Gasteiger partial charge in [-0.05, 0) is 53.5 Å². The molecule has 0 spiro atoms. The summed E-state index contributed by atoms with van der Waals surface area (Å²) in [5.41, 5.74) is 0.638. The zero-order chi connectivity index (χ0) is 17.7. The van der Waals surface area contributed by atoms with Gasteiger partial charge in [-0.25, -0.2) is 0 Å². The zero-order valence-electron chi connectivity index (χ0n) is 13.2. The van der Waals surface area contributed by atoms with Crippen LogP contribution in [0.3, 0.4) is 0 Å². The number of halogens is 2. The lowest BCUT2D eigenvalue weighted by Gasteiger charge is -2.20. The predicted octanol–water partition coefficient (Wildman–Crippen LogP) is 4.51. The minimum atomic E-state index is -0.624. The Bertz CT molecular complexity index is 729. The summed E-state index contributed by atoms with van der Waals surface area (Å²) in [6.45, 7) is 3.53. The van der Waals surface area contributed by atoms with Crippen molar-refractivity contribution in [1.82, 2.24) is 5.32 Å². The molecule has 0 aliphatic rings. The minimum absolute atomic E-state index is 0.0322. The number of hydrogen-bond donors (Lipinski definition) is 1. The van der Waals surface area contributed by atoms with Crippen LogP contribution in [0.2, 0.25) is 5.02 Å². The molecular formula is C17H17BrClNO4. The van der Waals surface area contributed by atoms with E-state index in [1.54, 1.807) is 44.2 Å². The number of amides is 1. The van der Waals surface area contributed by atoms with Crippen LogP contribution in [0.5, 0.6) is 0 Å². The Hall–Kier alpha value is -1.79. The summed E-state index contributed by atoms with van der Waals surface area (Å²) in [4.78, 5) is 24.4. The first-order valence-corrected chi connectivity index (χ1v) is 8.54. The summed E-state index contributed by atoms with van der Waals surface area (Å²) in [5.74, 6) is -0.727. The Balaban J connectivity index is 2.21. The predicted molar refractivity (Wildman–Crippen MR) is 93.9 cm³/mol. The number of hydrogen-bond acceptors (Lipinski definition) is 4. The van der Waals surface area contributed by atoms with Crippen LogP contribution in [0.25, 0.3) is 0 Å². The van der Waals surface area contributed by atoms with E-state index in [1.807, 2.05) is 0 Å². The molecule has 1 atom stereocenters. The summed E-state index contributed by atoms with van der Waals surface area (Å²) in [6, 6.07) is 9.56. The van der Waals surface area contributed by atoms with Crippen molar-refractivity contribution in [1.29, 1.82) is 0 Å². The smallest absolute Gasteiger partial charge is 0.308 e. The van der Waals surface area contributed by atoms with Crippen molar-refractivity contribution < 1.29 is 18.7 Å². The number of benzene rings is 1. The van der Waals surface area contributed by atoms with E-state index in [1.165, 1.54) is 6.07 Å². The molecule has 0 bridgehead atoms. The monoisotopic (exact) mass is 413 g/mol. The number of carbonyl (C=O) groups excluding carboxylic acids is 2. The second-order valence-electron chi connectivity index (χ2n) is 5.39. The number of rotatable bonds is 6. The molecule has 1 amide bonds. The molecule has 1 N–H and O–H groups in total. The van der Waals surface area contributed by atoms with Gasteiger partial charge < -0.3 is 14.5 Å². The largest absolute Gasteiger partial charge is 0.463 e. The summed E-state index contributed by atoms with van der Waals surface area (Å²) < 4.78 is 10.9. The van der Waals surface area contributed by atoms with Gasteiger partial charge in [-0.3, -0.25) is 9.59 Å². The maximum Gasteiger partial charge on any atom is 0.308 e. The third kappa shape index (κ3) is 5.11. The Morgan fingerprint density at radius 3 is 2.54 bits per heavy atom. The third-order valence-corrected chi connectivity index (χ3v) is 3.89. The van der Waals surface area contributed by atoms with Crippen LogP contribution < -0.4 is 5.32 Å². The molecule has 0 fully saturated rings. The molecule has 0 aliphatic heterocycles. The number of furan rings is 1. The van der Waals surface area contributed by atoms with Crippen LogP contribution in [0.15, 0.2) is 45.5 Å². The second-order valence-corrected chi connectivity index (χ2v) is 6.58. The molecular weight excluding hydrogens is 398 g/mol. The molecule has 1 heterocycles. The van der Waals surface area contributed by atoms with Crippen molar-refractivity contribution in [3.63, 3.8) is 0 Å². The number of ether oxygens (including phenoxy) is 1. The van der Waals surface area contributed by atoms with Crippen molar-refractivity contribution >= 4 is 39.4 Å². The molecule has 0 saturated heterocycles. The summed E-state index contributed by atoms with van der Waals surface area (Å²) in [7, 11) is 0. The first-order chi connectivity index (χ1) is 11.4. The molecule has 0 unspecified atom stereocenters. The lowest BCUT2D eigenvalue weighted by molar-refractivity contribution is -0.147. The van der Waals surface area contributed by atoms with E-state index in [9.17, 15) is 9.59 Å². The molecule has 128 valence electrons. The van der Waals surface area contributed by atoms with E-state index in [0.29, 0.717) is 15.3 Å². The summed E-state index contributed by atoms with van der Waals surface area (Å²) in [6.07, 6.45) is -0.267. The average Bonchev–Trinajstić information content (AvgIpc) is 2.93. The van der Waals surface area contributed by atoms with Gasteiger partial charge in [0.1, 0.15) is 0 Å². The van der Waals surface area contributed by atoms with Gasteiger partial charge in [0.05, 0.1) is 18.6 Å². The average molecular weight is 415 g/mol. The molecule has 0 saturated carbocycles. The highest BCUT2D eigenvalue weighted by atomic mass is 79.9. The maximum atomic E-state index is 12.3. The molecule has 1 aromatic heterocycles. The van der Waals surface area contributed by atoms with Crippen LogP contribution in [0.1, 0.15) is 42.4 Å². The third-order valence-electron chi connectivity index (χ3n) is 3.12. The van der Waals surface area contributed by atoms with Gasteiger partial charge in [0.2, 0.25) is 0 Å². The van der Waals surface area contributed by atoms with Crippen LogP contribution in [0, 0.1) is 0 Å². The first-order valence-electron chi connectivity index (χ1n) is 7.37. The molecule has 1 aromatic carbocycles. The van der Waals surface area contributed by atoms with E-state index in [2.05, 4.69) is 21.2 Å². The minimum Gasteiger partial charge on any atom is -0.463 e. The van der Waals surface area contributed by atoms with Crippen LogP contribution in [-0.2, 0) is 9.53 Å². The van der Waals surface area contributed by atoms with E-state index in [-0.39, 0.29) is 18.3 Å². The maximum absolute atomic E-state index is 12.3. The summed E-state index contributed by atoms with van der Waals surface area (Å²) >= 11 is 9.36. The van der Waals surface area contributed by atoms with Crippen molar-refractivity contribution in [2.45, 2.75) is 32.4 Å². The molecule has 24 heavy (non-hydrogen) atoms. The van der Waals surface area contributed by atoms with Crippen LogP contribution in [-0.4, -0.2) is 18.0 Å². The topological polar surface area (TPSA) is 68.5 Å². The molecule has 5 nitrogen and oxygen atoms in total. The van der Waals surface area contributed by atoms with Crippen molar-refractivity contribution in [3.05, 3.63) is 57.4 Å². The van der Waals surface area contributed by atoms with Crippen molar-refractivity contribution in [3.8, 4) is 0 Å². The quantitative estimate of drug-likeness (QED) is 0.706. The van der Waals surface area contributed by atoms with Crippen LogP contribution >= 0.6 is 27.5 Å². The first kappa shape index (κ1) is 18.5. The van der Waals surface area contributed by atoms with Crippen molar-refractivity contribution in [2.75, 3.05) is 0 Å². The fourth-order valence-corrected chi connectivity index (χ4v) is 2.71. The molecule has 0 radical (unpaired) electrons. The number of nitrogens with one attached hydrogen (secondary N) is 1. The number of carbonyl (C=O) groups is 2. The second kappa shape index (κ2) is 8.35. The highest BCUT2D eigenvalue weighted by Gasteiger charge is 2.23. The highest BCUT2D eigenvalue weighted by Crippen LogP contribution is 2.26. The van der Waals surface area contributed by atoms with E-state index in [0.717, 1.165) is 0 Å². The Labute approximate surface area is 153 Å². The lowest BCUT2D eigenvalue weighted by Crippen LogP contribution is -2.31.